The van der Waals surface area contributed by atoms with Crippen molar-refractivity contribution in [1.29, 1.82) is 0 Å². The number of carbonyl (C=O) groups is 2. The fourth-order valence-electron chi connectivity index (χ4n) is 3.16. The normalized spacial score (nSPS) is 9.95. The van der Waals surface area contributed by atoms with Crippen molar-refractivity contribution in [3.63, 3.8) is 0 Å². The first kappa shape index (κ1) is 31.3. The highest BCUT2D eigenvalue weighted by Crippen LogP contribution is 2.30. The zero-order valence-corrected chi connectivity index (χ0v) is 24.2. The number of phenolic OH excluding ortho intramolecular Hbond substituents is 2. The number of nitrogens with zero attached hydrogens (tertiary/aromatic N) is 2. The van der Waals surface area contributed by atoms with Crippen molar-refractivity contribution in [2.75, 3.05) is 21.3 Å². The van der Waals surface area contributed by atoms with Crippen molar-refractivity contribution in [2.45, 2.75) is 0 Å². The molecule has 4 amide bonds. The molecule has 0 saturated heterocycles. The van der Waals surface area contributed by atoms with Crippen LogP contribution in [0.3, 0.4) is 0 Å². The molecule has 0 spiro atoms. The number of carbonyl (C=O) groups excluding carboxylic acids is 2. The number of para-hydroxylation sites is 2. The number of aromatic hydroxyl groups is 2. The number of rotatable bonds is 6. The maximum atomic E-state index is 11.8. The second-order valence-electron chi connectivity index (χ2n) is 8.04. The summed E-state index contributed by atoms with van der Waals surface area (Å²) in [7, 11) is 0. The van der Waals surface area contributed by atoms with Crippen LogP contribution in [0.25, 0.3) is 0 Å². The Morgan fingerprint density at radius 1 is 0.571 bits per heavy atom. The fourth-order valence-corrected chi connectivity index (χ4v) is 3.92. The lowest BCUT2D eigenvalue weighted by molar-refractivity contribution is -0.385. The van der Waals surface area contributed by atoms with E-state index in [4.69, 9.17) is 0 Å². The predicted octanol–water partition coefficient (Wildman–Crippen LogP) is 7.41. The first-order valence-corrected chi connectivity index (χ1v) is 13.1. The van der Waals surface area contributed by atoms with Crippen molar-refractivity contribution in [3.05, 3.63) is 114 Å². The summed E-state index contributed by atoms with van der Waals surface area (Å²) in [6.07, 6.45) is 0. The van der Waals surface area contributed by atoms with E-state index in [1.165, 1.54) is 24.3 Å². The lowest BCUT2D eigenvalue weighted by Crippen LogP contribution is -2.19. The first-order valence-electron chi connectivity index (χ1n) is 11.5. The second-order valence-corrected chi connectivity index (χ2v) is 9.74. The van der Waals surface area contributed by atoms with E-state index in [1.54, 1.807) is 48.5 Å². The molecule has 0 aliphatic carbocycles. The molecular weight excluding hydrogens is 684 g/mol. The Labute approximate surface area is 253 Å². The number of benzene rings is 4. The van der Waals surface area contributed by atoms with Gasteiger partial charge in [-0.1, -0.05) is 24.3 Å². The lowest BCUT2D eigenvalue weighted by Gasteiger charge is -2.10. The average molecular weight is 704 g/mol. The first-order chi connectivity index (χ1) is 19.9. The Morgan fingerprint density at radius 2 is 0.905 bits per heavy atom. The summed E-state index contributed by atoms with van der Waals surface area (Å²) in [4.78, 5) is 43.5. The van der Waals surface area contributed by atoms with Crippen LogP contribution in [0.5, 0.6) is 11.5 Å². The summed E-state index contributed by atoms with van der Waals surface area (Å²) in [6, 6.07) is 19.7. The van der Waals surface area contributed by atoms with Crippen LogP contribution in [0.4, 0.5) is 43.7 Å². The van der Waals surface area contributed by atoms with E-state index in [0.717, 1.165) is 12.1 Å². The fraction of sp³-hybridized carbons (Fsp3) is 0. The van der Waals surface area contributed by atoms with Crippen molar-refractivity contribution in [3.8, 4) is 11.5 Å². The number of nitro groups is 2. The number of anilines is 4. The molecule has 0 radical (unpaired) electrons. The van der Waals surface area contributed by atoms with Crippen molar-refractivity contribution in [1.82, 2.24) is 0 Å². The molecule has 6 N–H and O–H groups in total. The minimum absolute atomic E-state index is 0.0742. The topological polar surface area (TPSA) is 209 Å². The molecule has 0 atom stereocenters. The number of halogens is 2. The van der Waals surface area contributed by atoms with E-state index >= 15 is 0 Å². The Morgan fingerprint density at radius 3 is 1.21 bits per heavy atom. The van der Waals surface area contributed by atoms with Crippen molar-refractivity contribution >= 4 is 78.0 Å². The molecule has 0 aliphatic heterocycles. The van der Waals surface area contributed by atoms with Gasteiger partial charge in [0.25, 0.3) is 11.4 Å². The zero-order valence-electron chi connectivity index (χ0n) is 21.1. The molecule has 0 aliphatic rings. The van der Waals surface area contributed by atoms with Crippen LogP contribution in [0.2, 0.25) is 0 Å². The van der Waals surface area contributed by atoms with Gasteiger partial charge in [0.2, 0.25) is 0 Å². The number of amides is 4. The molecule has 14 nitrogen and oxygen atoms in total. The molecule has 16 heteroatoms. The van der Waals surface area contributed by atoms with Gasteiger partial charge >= 0.3 is 12.1 Å². The lowest BCUT2D eigenvalue weighted by atomic mass is 10.2. The molecule has 0 fully saturated rings. The molecule has 4 rings (SSSR count). The van der Waals surface area contributed by atoms with Crippen LogP contribution < -0.4 is 21.3 Å². The van der Waals surface area contributed by atoms with Crippen molar-refractivity contribution in [2.24, 2.45) is 0 Å². The average Bonchev–Trinajstić information content (AvgIpc) is 2.93. The number of hydrogen-bond donors (Lipinski definition) is 6. The van der Waals surface area contributed by atoms with Gasteiger partial charge in [0, 0.05) is 21.1 Å². The Hall–Kier alpha value is -5.22. The van der Waals surface area contributed by atoms with Gasteiger partial charge in [0.15, 0.2) is 0 Å². The maximum Gasteiger partial charge on any atom is 0.323 e. The van der Waals surface area contributed by atoms with Crippen LogP contribution in [0.1, 0.15) is 0 Å². The van der Waals surface area contributed by atoms with Crippen LogP contribution >= 0.6 is 31.9 Å². The third-order valence-corrected chi connectivity index (χ3v) is 6.51. The molecule has 0 bridgehead atoms. The van der Waals surface area contributed by atoms with Crippen LogP contribution in [0, 0.1) is 20.2 Å². The monoisotopic (exact) mass is 702 g/mol. The standard InChI is InChI=1S/2C13H10BrN3O4/c2*14-9-3-1-2-4-10(9)15-13(19)16-11-6-5-8(17(20)21)7-12(11)18/h2*1-7,18H,(H2,15,16,19). The Bertz CT molecular complexity index is 1530. The van der Waals surface area contributed by atoms with E-state index in [9.17, 15) is 40.0 Å². The number of urea groups is 2. The van der Waals surface area contributed by atoms with Crippen LogP contribution in [-0.2, 0) is 0 Å². The molecule has 4 aromatic carbocycles. The summed E-state index contributed by atoms with van der Waals surface area (Å²) in [5.41, 5.74) is 0.733. The maximum absolute atomic E-state index is 11.8. The Balaban J connectivity index is 0.000000230. The van der Waals surface area contributed by atoms with Gasteiger partial charge in [0.1, 0.15) is 11.5 Å². The third-order valence-electron chi connectivity index (χ3n) is 5.12. The third kappa shape index (κ3) is 8.90. The molecular formula is C26H20Br2N6O8. The van der Waals surface area contributed by atoms with Crippen LogP contribution in [0.15, 0.2) is 93.9 Å². The summed E-state index contributed by atoms with van der Waals surface area (Å²) in [5, 5.41) is 50.4. The summed E-state index contributed by atoms with van der Waals surface area (Å²) in [6.45, 7) is 0. The Kier molecular flexibility index (Phi) is 10.8. The quantitative estimate of drug-likeness (QED) is 0.0675. The molecule has 216 valence electrons. The van der Waals surface area contributed by atoms with Gasteiger partial charge in [-0.15, -0.1) is 0 Å². The summed E-state index contributed by atoms with van der Waals surface area (Å²) < 4.78 is 1.40. The van der Waals surface area contributed by atoms with Gasteiger partial charge in [-0.3, -0.25) is 20.2 Å². The molecule has 4 aromatic rings. The SMILES string of the molecule is O=C(Nc1ccc([N+](=O)[O-])cc1O)Nc1ccccc1Br.O=C(Nc1ccc([N+](=O)[O-])cc1O)Nc1ccccc1Br. The van der Waals surface area contributed by atoms with E-state index in [-0.39, 0.29) is 34.2 Å². The van der Waals surface area contributed by atoms with Crippen molar-refractivity contribution < 1.29 is 29.6 Å². The van der Waals surface area contributed by atoms with E-state index in [2.05, 4.69) is 53.1 Å². The smallest absolute Gasteiger partial charge is 0.323 e. The largest absolute Gasteiger partial charge is 0.506 e. The molecule has 0 aromatic heterocycles. The highest BCUT2D eigenvalue weighted by molar-refractivity contribution is 9.11. The van der Waals surface area contributed by atoms with E-state index < -0.39 is 21.9 Å². The summed E-state index contributed by atoms with van der Waals surface area (Å²) >= 11 is 6.57. The number of non-ortho nitro benzene ring substituents is 2. The molecule has 0 unspecified atom stereocenters. The zero-order chi connectivity index (χ0) is 30.8. The highest BCUT2D eigenvalue weighted by Gasteiger charge is 2.14. The molecule has 0 heterocycles. The molecule has 42 heavy (non-hydrogen) atoms. The van der Waals surface area contributed by atoms with Gasteiger partial charge < -0.3 is 31.5 Å². The number of hydrogen-bond acceptors (Lipinski definition) is 8. The molecule has 0 saturated carbocycles. The van der Waals surface area contributed by atoms with Gasteiger partial charge in [-0.25, -0.2) is 9.59 Å². The number of nitro benzene ring substituents is 2. The van der Waals surface area contributed by atoms with Gasteiger partial charge in [-0.2, -0.15) is 0 Å². The highest BCUT2D eigenvalue weighted by atomic mass is 79.9. The number of nitrogens with one attached hydrogen (secondary N) is 4. The minimum Gasteiger partial charge on any atom is -0.506 e. The minimum atomic E-state index is -0.634. The summed E-state index contributed by atoms with van der Waals surface area (Å²) in [5.74, 6) is -0.766. The van der Waals surface area contributed by atoms with Gasteiger partial charge in [0.05, 0.1) is 44.7 Å². The van der Waals surface area contributed by atoms with E-state index in [1.807, 2.05) is 0 Å². The van der Waals surface area contributed by atoms with E-state index in [0.29, 0.717) is 20.3 Å². The second kappa shape index (κ2) is 14.4. The number of phenols is 2. The predicted molar refractivity (Wildman–Crippen MR) is 163 cm³/mol. The van der Waals surface area contributed by atoms with Gasteiger partial charge in [-0.05, 0) is 68.3 Å². The van der Waals surface area contributed by atoms with Crippen LogP contribution in [-0.4, -0.2) is 32.1 Å².